The van der Waals surface area contributed by atoms with Gasteiger partial charge in [0.1, 0.15) is 16.4 Å². The van der Waals surface area contributed by atoms with Gasteiger partial charge in [-0.15, -0.1) is 0 Å². The van der Waals surface area contributed by atoms with Crippen LogP contribution in [0.25, 0.3) is 0 Å². The van der Waals surface area contributed by atoms with E-state index in [-0.39, 0.29) is 17.0 Å². The molecular weight excluding hydrogens is 553 g/mol. The van der Waals surface area contributed by atoms with E-state index in [1.165, 1.54) is 35.4 Å². The Hall–Kier alpha value is -2.63. The summed E-state index contributed by atoms with van der Waals surface area (Å²) in [5.74, 6) is -1.36. The van der Waals surface area contributed by atoms with Crippen LogP contribution in [0.4, 0.5) is 5.69 Å². The summed E-state index contributed by atoms with van der Waals surface area (Å²) in [6, 6.07) is 1.96. The van der Waals surface area contributed by atoms with Crippen molar-refractivity contribution in [3.63, 3.8) is 0 Å². The molecule has 1 saturated heterocycles. The van der Waals surface area contributed by atoms with E-state index in [0.717, 1.165) is 6.26 Å². The molecule has 4 N–H and O–H groups in total. The molecule has 2 rings (SSSR count). The van der Waals surface area contributed by atoms with Crippen LogP contribution in [0.5, 0.6) is 0 Å². The Balaban J connectivity index is 2.27. The SMILES string of the molecule is C/N=C/C[C@@H](/C=C(\Cl)S(C)(=O)=O)NC(=O)[C@H]1CCCN1C(=O)[C@@H](NC(=O)c1ccc(N)c(Cl)c1)C(C)(C)C. The van der Waals surface area contributed by atoms with Crippen molar-refractivity contribution < 1.29 is 22.8 Å². The third-order valence-corrected chi connectivity index (χ3v) is 8.18. The molecule has 0 spiro atoms. The molecular formula is C25H35Cl2N5O5S. The number of hydrogen-bond donors (Lipinski definition) is 3. The van der Waals surface area contributed by atoms with Crippen molar-refractivity contribution in [1.29, 1.82) is 0 Å². The molecule has 0 bridgehead atoms. The number of nitrogens with zero attached hydrogens (tertiary/aromatic N) is 2. The van der Waals surface area contributed by atoms with Gasteiger partial charge in [-0.05, 0) is 42.5 Å². The average Bonchev–Trinajstić information content (AvgIpc) is 3.31. The van der Waals surface area contributed by atoms with E-state index in [1.54, 1.807) is 7.05 Å². The Labute approximate surface area is 233 Å². The molecule has 0 aliphatic carbocycles. The van der Waals surface area contributed by atoms with Gasteiger partial charge < -0.3 is 26.3 Å². The smallest absolute Gasteiger partial charge is 0.252 e. The zero-order valence-electron chi connectivity index (χ0n) is 22.1. The second-order valence-corrected chi connectivity index (χ2v) is 13.3. The number of halogens is 2. The van der Waals surface area contributed by atoms with Crippen LogP contribution >= 0.6 is 23.2 Å². The summed E-state index contributed by atoms with van der Waals surface area (Å²) in [4.78, 5) is 45.3. The maximum absolute atomic E-state index is 13.7. The molecule has 1 aliphatic heterocycles. The quantitative estimate of drug-likeness (QED) is 0.298. The van der Waals surface area contributed by atoms with E-state index in [4.69, 9.17) is 28.9 Å². The highest BCUT2D eigenvalue weighted by Gasteiger charge is 2.42. The van der Waals surface area contributed by atoms with Gasteiger partial charge in [0.2, 0.25) is 11.8 Å². The molecule has 1 aliphatic rings. The van der Waals surface area contributed by atoms with Crippen LogP contribution in [0.2, 0.25) is 5.02 Å². The highest BCUT2D eigenvalue weighted by molar-refractivity contribution is 7.96. The molecule has 1 aromatic rings. The summed E-state index contributed by atoms with van der Waals surface area (Å²) in [7, 11) is -2.11. The topological polar surface area (TPSA) is 151 Å². The molecule has 0 unspecified atom stereocenters. The Bertz CT molecular complexity index is 1230. The fourth-order valence-corrected chi connectivity index (χ4v) is 4.69. The lowest BCUT2D eigenvalue weighted by molar-refractivity contribution is -0.142. The van der Waals surface area contributed by atoms with Crippen molar-refractivity contribution in [3.05, 3.63) is 39.2 Å². The van der Waals surface area contributed by atoms with Crippen molar-refractivity contribution in [1.82, 2.24) is 15.5 Å². The largest absolute Gasteiger partial charge is 0.398 e. The minimum Gasteiger partial charge on any atom is -0.398 e. The molecule has 1 heterocycles. The molecule has 1 aromatic carbocycles. The fraction of sp³-hybridized carbons (Fsp3) is 0.520. The first kappa shape index (κ1) is 31.6. The second-order valence-electron chi connectivity index (χ2n) is 10.2. The summed E-state index contributed by atoms with van der Waals surface area (Å²) in [6.45, 7) is 5.77. The van der Waals surface area contributed by atoms with Crippen LogP contribution in [-0.2, 0) is 19.4 Å². The third-order valence-electron chi connectivity index (χ3n) is 6.05. The molecule has 3 atom stereocenters. The second kappa shape index (κ2) is 12.9. The number of nitrogen functional groups attached to an aromatic ring is 1. The van der Waals surface area contributed by atoms with E-state index in [0.29, 0.717) is 25.1 Å². The number of nitrogens with two attached hydrogens (primary N) is 1. The van der Waals surface area contributed by atoms with Gasteiger partial charge in [-0.25, -0.2) is 8.42 Å². The number of anilines is 1. The number of carbonyl (C=O) groups is 3. The Kier molecular flexibility index (Phi) is 10.8. The van der Waals surface area contributed by atoms with Gasteiger partial charge in [0.05, 0.1) is 16.8 Å². The Morgan fingerprint density at radius 2 is 1.92 bits per heavy atom. The number of sulfone groups is 1. The zero-order chi connectivity index (χ0) is 28.8. The molecule has 0 saturated carbocycles. The lowest BCUT2D eigenvalue weighted by atomic mass is 9.85. The highest BCUT2D eigenvalue weighted by atomic mass is 35.5. The van der Waals surface area contributed by atoms with Gasteiger partial charge in [-0.2, -0.15) is 0 Å². The Morgan fingerprint density at radius 1 is 1.26 bits per heavy atom. The minimum absolute atomic E-state index is 0.208. The fourth-order valence-electron chi connectivity index (χ4n) is 3.95. The number of carbonyl (C=O) groups excluding carboxylic acids is 3. The monoisotopic (exact) mass is 587 g/mol. The molecule has 38 heavy (non-hydrogen) atoms. The van der Waals surface area contributed by atoms with Crippen LogP contribution in [0, 0.1) is 5.41 Å². The van der Waals surface area contributed by atoms with Crippen molar-refractivity contribution in [2.24, 2.45) is 10.4 Å². The number of hydrogen-bond acceptors (Lipinski definition) is 7. The molecule has 0 aromatic heterocycles. The predicted molar refractivity (Wildman–Crippen MR) is 151 cm³/mol. The average molecular weight is 589 g/mol. The van der Waals surface area contributed by atoms with Crippen LogP contribution in [-0.4, -0.2) is 75.2 Å². The van der Waals surface area contributed by atoms with E-state index in [9.17, 15) is 22.8 Å². The lowest BCUT2D eigenvalue weighted by Crippen LogP contribution is -2.58. The van der Waals surface area contributed by atoms with Gasteiger partial charge in [-0.1, -0.05) is 44.0 Å². The highest BCUT2D eigenvalue weighted by Crippen LogP contribution is 2.27. The van der Waals surface area contributed by atoms with E-state index in [2.05, 4.69) is 15.6 Å². The molecule has 13 heteroatoms. The van der Waals surface area contributed by atoms with E-state index in [1.807, 2.05) is 20.8 Å². The van der Waals surface area contributed by atoms with Crippen molar-refractivity contribution in [2.45, 2.75) is 58.2 Å². The molecule has 1 fully saturated rings. The van der Waals surface area contributed by atoms with Crippen molar-refractivity contribution >= 4 is 62.7 Å². The molecule has 210 valence electrons. The van der Waals surface area contributed by atoms with E-state index < -0.39 is 55.5 Å². The minimum atomic E-state index is -3.66. The van der Waals surface area contributed by atoms with Gasteiger partial charge in [0, 0.05) is 38.0 Å². The maximum Gasteiger partial charge on any atom is 0.252 e. The third kappa shape index (κ3) is 8.44. The zero-order valence-corrected chi connectivity index (χ0v) is 24.5. The van der Waals surface area contributed by atoms with Crippen LogP contribution in [0.3, 0.4) is 0 Å². The van der Waals surface area contributed by atoms with Crippen LogP contribution < -0.4 is 16.4 Å². The van der Waals surface area contributed by atoms with Crippen molar-refractivity contribution in [3.8, 4) is 0 Å². The first-order valence-electron chi connectivity index (χ1n) is 12.0. The summed E-state index contributed by atoms with van der Waals surface area (Å²) < 4.78 is 23.1. The number of nitrogens with one attached hydrogen (secondary N) is 2. The number of amides is 3. The number of likely N-dealkylation sites (tertiary alicyclic amines) is 1. The number of aliphatic imine (C=N–C) groups is 1. The summed E-state index contributed by atoms with van der Waals surface area (Å²) in [5, 5.41) is 5.79. The summed E-state index contributed by atoms with van der Waals surface area (Å²) in [5.41, 5.74) is 5.63. The summed E-state index contributed by atoms with van der Waals surface area (Å²) >= 11 is 12.0. The molecule has 0 radical (unpaired) electrons. The summed E-state index contributed by atoms with van der Waals surface area (Å²) in [6.07, 6.45) is 4.94. The maximum atomic E-state index is 13.7. The predicted octanol–water partition coefficient (Wildman–Crippen LogP) is 2.76. The normalized spacial score (nSPS) is 18.3. The van der Waals surface area contributed by atoms with Gasteiger partial charge in [0.15, 0.2) is 9.84 Å². The van der Waals surface area contributed by atoms with Gasteiger partial charge in [0.25, 0.3) is 5.91 Å². The number of benzene rings is 1. The van der Waals surface area contributed by atoms with Gasteiger partial charge >= 0.3 is 0 Å². The lowest BCUT2D eigenvalue weighted by Gasteiger charge is -2.35. The van der Waals surface area contributed by atoms with Gasteiger partial charge in [-0.3, -0.25) is 14.4 Å². The molecule has 3 amide bonds. The van der Waals surface area contributed by atoms with Crippen LogP contribution in [0.1, 0.15) is 50.4 Å². The van der Waals surface area contributed by atoms with E-state index >= 15 is 0 Å². The first-order chi connectivity index (χ1) is 17.6. The van der Waals surface area contributed by atoms with Crippen molar-refractivity contribution in [2.75, 3.05) is 25.6 Å². The number of rotatable bonds is 9. The standard InChI is InChI=1S/C25H35Cl2N5O5S/c1-25(2,3)21(31-22(33)15-8-9-18(28)17(26)13-15)24(35)32-12-6-7-19(32)23(34)30-16(10-11-29-4)14-20(27)38(5,36)37/h8-9,11,13-14,16,19,21H,6-7,10,12,28H2,1-5H3,(H,30,34)(H,31,33)/b20-14+,29-11+/t16-,19+,21+/m0/s1. The molecule has 10 nitrogen and oxygen atoms in total. The Morgan fingerprint density at radius 3 is 2.47 bits per heavy atom. The first-order valence-corrected chi connectivity index (χ1v) is 14.7. The van der Waals surface area contributed by atoms with Crippen LogP contribution in [0.15, 0.2) is 33.6 Å².